The van der Waals surface area contributed by atoms with Gasteiger partial charge in [0, 0.05) is 97.4 Å². The summed E-state index contributed by atoms with van der Waals surface area (Å²) in [6.45, 7) is 32.0. The number of nitrogens with zero attached hydrogens (tertiary/aromatic N) is 4. The first-order valence-corrected chi connectivity index (χ1v) is 46.0. The van der Waals surface area contributed by atoms with Crippen LogP contribution in [0.5, 0.6) is 0 Å². The van der Waals surface area contributed by atoms with Gasteiger partial charge in [-0.25, -0.2) is 0 Å². The van der Waals surface area contributed by atoms with Crippen molar-refractivity contribution in [3.63, 3.8) is 0 Å². The van der Waals surface area contributed by atoms with Crippen molar-refractivity contribution in [1.82, 2.24) is 0 Å². The molecule has 0 saturated carbocycles. The van der Waals surface area contributed by atoms with E-state index in [-0.39, 0.29) is 23.1 Å². The third-order valence-electron chi connectivity index (χ3n) is 26.4. The summed E-state index contributed by atoms with van der Waals surface area (Å²) in [5.74, 6) is 0.126. The Labute approximate surface area is 769 Å². The van der Waals surface area contributed by atoms with Crippen LogP contribution in [0.2, 0.25) is 0 Å². The largest absolute Gasteiger partial charge is 0.372 e. The normalized spacial score (nSPS) is 11.3. The van der Waals surface area contributed by atoms with E-state index in [0.29, 0.717) is 22.3 Å². The molecule has 0 aromatic heterocycles. The van der Waals surface area contributed by atoms with Gasteiger partial charge in [-0.2, -0.15) is 0 Å². The van der Waals surface area contributed by atoms with E-state index in [2.05, 4.69) is 366 Å². The van der Waals surface area contributed by atoms with Gasteiger partial charge in [0.15, 0.2) is 23.1 Å². The molecule has 8 heteroatoms. The highest BCUT2D eigenvalue weighted by atomic mass is 16.1. The second kappa shape index (κ2) is 41.0. The van der Waals surface area contributed by atoms with Crippen molar-refractivity contribution < 1.29 is 19.2 Å². The van der Waals surface area contributed by atoms with Crippen LogP contribution >= 0.6 is 0 Å². The van der Waals surface area contributed by atoms with Gasteiger partial charge < -0.3 is 19.6 Å². The summed E-state index contributed by atoms with van der Waals surface area (Å²) in [4.78, 5) is 57.7. The van der Waals surface area contributed by atoms with E-state index in [4.69, 9.17) is 0 Å². The molecular formula is C122H116N4O4. The molecule has 0 atom stereocenters. The lowest BCUT2D eigenvalue weighted by atomic mass is 9.64. The lowest BCUT2D eigenvalue weighted by Gasteiger charge is -2.37. The zero-order chi connectivity index (χ0) is 91.0. The molecule has 130 heavy (non-hydrogen) atoms. The summed E-state index contributed by atoms with van der Waals surface area (Å²) in [6.07, 6.45) is 0. The molecule has 0 aliphatic heterocycles. The van der Waals surface area contributed by atoms with Crippen molar-refractivity contribution in [2.24, 2.45) is 0 Å². The van der Waals surface area contributed by atoms with E-state index in [1.54, 1.807) is 27.7 Å². The number of rotatable bonds is 32. The molecule has 0 bridgehead atoms. The van der Waals surface area contributed by atoms with Crippen LogP contribution in [0.15, 0.2) is 388 Å². The molecule has 8 nitrogen and oxygen atoms in total. The first-order valence-electron chi connectivity index (χ1n) is 46.0. The average molecular weight is 1700 g/mol. The van der Waals surface area contributed by atoms with Crippen LogP contribution in [0.25, 0.3) is 89.0 Å². The fraction of sp³-hybridized carbons (Fsp3) is 0.180. The maximum Gasteiger partial charge on any atom is 0.159 e. The van der Waals surface area contributed by atoms with E-state index in [0.717, 1.165) is 119 Å². The summed E-state index contributed by atoms with van der Waals surface area (Å²) in [7, 11) is 0. The van der Waals surface area contributed by atoms with Crippen molar-refractivity contribution in [1.29, 1.82) is 0 Å². The minimum Gasteiger partial charge on any atom is -0.372 e. The molecule has 16 aromatic rings. The molecule has 0 fully saturated rings. The van der Waals surface area contributed by atoms with E-state index in [9.17, 15) is 19.2 Å². The molecule has 0 aliphatic rings. The zero-order valence-corrected chi connectivity index (χ0v) is 77.0. The molecule has 0 aliphatic carbocycles. The topological polar surface area (TPSA) is 81.2 Å². The highest BCUT2D eigenvalue weighted by Crippen LogP contribution is 2.50. The average Bonchev–Trinajstić information content (AvgIpc) is 0.730. The number of hydrogen-bond donors (Lipinski definition) is 0. The highest BCUT2D eigenvalue weighted by Gasteiger charge is 2.41. The maximum absolute atomic E-state index is 12.0. The highest BCUT2D eigenvalue weighted by molar-refractivity contribution is 5.97. The minimum absolute atomic E-state index is 0.0314. The Hall–Kier alpha value is -14.6. The third kappa shape index (κ3) is 19.2. The van der Waals surface area contributed by atoms with E-state index in [1.165, 1.54) is 89.5 Å². The number of carbonyl (C=O) groups is 4. The van der Waals surface area contributed by atoms with Gasteiger partial charge in [-0.05, 0) is 265 Å². The molecular weight excluding hydrogens is 1590 g/mol. The predicted molar refractivity (Wildman–Crippen MR) is 547 cm³/mol. The smallest absolute Gasteiger partial charge is 0.159 e. The minimum atomic E-state index is -0.790. The van der Waals surface area contributed by atoms with E-state index >= 15 is 0 Å². The molecule has 648 valence electrons. The van der Waals surface area contributed by atoms with Gasteiger partial charge in [0.25, 0.3) is 0 Å². The quantitative estimate of drug-likeness (QED) is 0.0305. The Morgan fingerprint density at radius 3 is 0.338 bits per heavy atom. The number of hydrogen-bond acceptors (Lipinski definition) is 8. The van der Waals surface area contributed by atoms with Crippen LogP contribution in [-0.2, 0) is 10.8 Å². The Balaban J connectivity index is 0.000000201. The Morgan fingerprint density at radius 2 is 0.246 bits per heavy atom. The van der Waals surface area contributed by atoms with Gasteiger partial charge in [0.1, 0.15) is 0 Å². The lowest BCUT2D eigenvalue weighted by molar-refractivity contribution is 0.100. The molecule has 0 heterocycles. The maximum atomic E-state index is 12.0. The van der Waals surface area contributed by atoms with Gasteiger partial charge in [-0.1, -0.05) is 340 Å². The first kappa shape index (κ1) is 90.2. The fourth-order valence-corrected chi connectivity index (χ4v) is 18.7. The molecule has 16 rings (SSSR count). The Kier molecular flexibility index (Phi) is 28.5. The predicted octanol–water partition coefficient (Wildman–Crippen LogP) is 29.7. The summed E-state index contributed by atoms with van der Waals surface area (Å²) in [5, 5.41) is 0. The number of benzene rings is 16. The molecule has 0 amide bonds. The number of ketones is 4. The second-order valence-electron chi connectivity index (χ2n) is 33.5. The van der Waals surface area contributed by atoms with Crippen LogP contribution < -0.4 is 19.6 Å². The van der Waals surface area contributed by atoms with Gasteiger partial charge in [0.2, 0.25) is 0 Å². The SMILES string of the molecule is CC(=O)c1ccc(-c2ccc(C(c3ccc(-c4ccc(C(C)=O)cc4)cc3)(c3ccc(-c4ccc(C(C)=O)cc4)cc3)c3ccc(-c4ccc(C(C)=O)cc4)cc3)cc2)cc1.CCN(CC)c1ccc(-c2ccc(C(c3ccc(-c4ccc(N(CC)CC)cc4)cc3)(c3ccc(-c4ccc(N(CC)CC)cc4)cc3)c3ccc(-c4ccc(N(CC)CC)cc4)cc3)cc2)cc1. The van der Waals surface area contributed by atoms with Crippen LogP contribution in [0.4, 0.5) is 22.7 Å². The number of carbonyl (C=O) groups excluding carboxylic acids is 4. The van der Waals surface area contributed by atoms with Crippen LogP contribution in [0.3, 0.4) is 0 Å². The van der Waals surface area contributed by atoms with Crippen molar-refractivity contribution >= 4 is 45.9 Å². The first-order chi connectivity index (χ1) is 63.3. The summed E-state index contributed by atoms with van der Waals surface area (Å²) in [5.41, 5.74) is 33.3. The van der Waals surface area contributed by atoms with Crippen molar-refractivity contribution in [3.8, 4) is 89.0 Å². The van der Waals surface area contributed by atoms with Gasteiger partial charge in [-0.15, -0.1) is 0 Å². The molecule has 0 N–H and O–H groups in total. The van der Waals surface area contributed by atoms with Crippen molar-refractivity contribution in [2.45, 2.75) is 93.9 Å². The fourth-order valence-electron chi connectivity index (χ4n) is 18.7. The molecule has 16 aromatic carbocycles. The summed E-state index contributed by atoms with van der Waals surface area (Å²) < 4.78 is 0. The standard InChI is InChI=1S/C65H72N4.C57H44O4/c1-9-66(10-2)61-41-25-53(26-42-61)49-17-33-57(34-18-49)65(58-35-19-50(20-36-58)54-27-43-62(44-28-54)67(11-3)12-4,59-37-21-51(22-38-59)55-29-45-63(46-30-55)68(13-5)14-6)60-39-23-52(24-40-60)56-31-47-64(48-32-56)69(15-7)16-8;1-37(58)41-5-13-45(14-6-41)49-21-29-53(30-22-49)57(54-31-23-50(24-32-54)46-15-7-42(8-16-46)38(2)59,55-33-25-51(26-34-55)47-17-9-43(10-18-47)39(3)60)56-35-27-52(28-36-56)48-19-11-44(12-20-48)40(4)61/h17-48H,9-16H2,1-8H3;5-36H,1-4H3. The van der Waals surface area contributed by atoms with E-state index < -0.39 is 10.8 Å². The Morgan fingerprint density at radius 1 is 0.154 bits per heavy atom. The summed E-state index contributed by atoms with van der Waals surface area (Å²) in [6, 6.07) is 139. The van der Waals surface area contributed by atoms with Crippen molar-refractivity contribution in [2.75, 3.05) is 72.0 Å². The third-order valence-corrected chi connectivity index (χ3v) is 26.4. The van der Waals surface area contributed by atoms with Gasteiger partial charge in [0.05, 0.1) is 10.8 Å². The zero-order valence-electron chi connectivity index (χ0n) is 77.0. The van der Waals surface area contributed by atoms with Crippen LogP contribution in [-0.4, -0.2) is 75.5 Å². The molecule has 0 unspecified atom stereocenters. The molecule has 0 spiro atoms. The summed E-state index contributed by atoms with van der Waals surface area (Å²) >= 11 is 0. The van der Waals surface area contributed by atoms with Crippen molar-refractivity contribution in [3.05, 3.63) is 455 Å². The number of Topliss-reactive ketones (excluding diaryl/α,β-unsaturated/α-hetero) is 4. The van der Waals surface area contributed by atoms with Gasteiger partial charge in [-0.3, -0.25) is 19.2 Å². The van der Waals surface area contributed by atoms with E-state index in [1.807, 2.05) is 97.1 Å². The van der Waals surface area contributed by atoms with Gasteiger partial charge >= 0.3 is 0 Å². The lowest BCUT2D eigenvalue weighted by Crippen LogP contribution is -2.31. The monoisotopic (exact) mass is 1700 g/mol. The second-order valence-corrected chi connectivity index (χ2v) is 33.5. The van der Waals surface area contributed by atoms with Crippen LogP contribution in [0, 0.1) is 0 Å². The number of anilines is 4. The Bertz CT molecular complexity index is 5670. The molecule has 0 saturated heterocycles. The van der Waals surface area contributed by atoms with Crippen LogP contribution in [0.1, 0.15) is 169 Å². The molecule has 0 radical (unpaired) electrons.